The van der Waals surface area contributed by atoms with Crippen molar-refractivity contribution in [2.45, 2.75) is 38.5 Å². The van der Waals surface area contributed by atoms with Crippen LogP contribution in [0.2, 0.25) is 0 Å². The van der Waals surface area contributed by atoms with Crippen LogP contribution in [-0.2, 0) is 0 Å². The number of rotatable bonds is 3. The Kier molecular flexibility index (Phi) is 4.08. The van der Waals surface area contributed by atoms with Gasteiger partial charge in [0.1, 0.15) is 0 Å². The van der Waals surface area contributed by atoms with Crippen LogP contribution >= 0.6 is 0 Å². The van der Waals surface area contributed by atoms with Crippen molar-refractivity contribution < 1.29 is 0 Å². The van der Waals surface area contributed by atoms with Gasteiger partial charge in [-0.1, -0.05) is 30.5 Å². The van der Waals surface area contributed by atoms with E-state index in [1.165, 1.54) is 48.3 Å². The lowest BCUT2D eigenvalue weighted by Gasteiger charge is -2.30. The van der Waals surface area contributed by atoms with Gasteiger partial charge in [0.25, 0.3) is 0 Å². The molecule has 4 rings (SSSR count). The lowest BCUT2D eigenvalue weighted by atomic mass is 10.0. The largest absolute Gasteiger partial charge is 0.366 e. The van der Waals surface area contributed by atoms with E-state index in [1.54, 1.807) is 0 Å². The molecule has 1 aliphatic carbocycles. The highest BCUT2D eigenvalue weighted by atomic mass is 15.3. The van der Waals surface area contributed by atoms with Crippen LogP contribution in [0, 0.1) is 6.92 Å². The van der Waals surface area contributed by atoms with Gasteiger partial charge in [0.05, 0.1) is 23.3 Å². The molecule has 2 aliphatic rings. The van der Waals surface area contributed by atoms with Crippen molar-refractivity contribution in [2.75, 3.05) is 31.1 Å². The molecule has 1 aromatic carbocycles. The fourth-order valence-electron chi connectivity index (χ4n) is 3.97. The highest BCUT2D eigenvalue weighted by Crippen LogP contribution is 2.40. The second-order valence-electron chi connectivity index (χ2n) is 6.88. The Morgan fingerprint density at radius 3 is 2.43 bits per heavy atom. The quantitative estimate of drug-likeness (QED) is 0.945. The van der Waals surface area contributed by atoms with Gasteiger partial charge in [0.2, 0.25) is 0 Å². The minimum atomic E-state index is 0.656. The standard InChI is InChI=1S/C19H26N4/c1-15-6-8-17(9-7-15)23-19(16-4-2-3-5-16)18(14-21-23)22-12-10-20-11-13-22/h6-9,14,16,20H,2-5,10-13H2,1H3. The predicted molar refractivity (Wildman–Crippen MR) is 94.6 cm³/mol. The van der Waals surface area contributed by atoms with Gasteiger partial charge < -0.3 is 10.2 Å². The third kappa shape index (κ3) is 2.88. The van der Waals surface area contributed by atoms with Crippen LogP contribution in [0.4, 0.5) is 5.69 Å². The Balaban J connectivity index is 1.75. The van der Waals surface area contributed by atoms with E-state index in [1.807, 2.05) is 0 Å². The fourth-order valence-corrected chi connectivity index (χ4v) is 3.97. The predicted octanol–water partition coefficient (Wildman–Crippen LogP) is 3.25. The molecule has 1 aliphatic heterocycles. The van der Waals surface area contributed by atoms with E-state index in [0.717, 1.165) is 26.2 Å². The zero-order chi connectivity index (χ0) is 15.6. The number of piperazine rings is 1. The minimum absolute atomic E-state index is 0.656. The summed E-state index contributed by atoms with van der Waals surface area (Å²) in [6, 6.07) is 8.75. The Bertz CT molecular complexity index is 647. The summed E-state index contributed by atoms with van der Waals surface area (Å²) in [5.41, 5.74) is 5.29. The number of benzene rings is 1. The monoisotopic (exact) mass is 310 g/mol. The number of hydrogen-bond acceptors (Lipinski definition) is 3. The van der Waals surface area contributed by atoms with E-state index in [4.69, 9.17) is 5.10 Å². The summed E-state index contributed by atoms with van der Waals surface area (Å²) in [4.78, 5) is 2.52. The molecule has 1 saturated carbocycles. The zero-order valence-electron chi connectivity index (χ0n) is 14.0. The number of aryl methyl sites for hydroxylation is 1. The molecule has 0 bridgehead atoms. The van der Waals surface area contributed by atoms with Crippen LogP contribution in [-0.4, -0.2) is 36.0 Å². The molecular weight excluding hydrogens is 284 g/mol. The van der Waals surface area contributed by atoms with Gasteiger partial charge in [-0.15, -0.1) is 0 Å². The molecule has 0 radical (unpaired) electrons. The maximum atomic E-state index is 4.79. The number of hydrogen-bond donors (Lipinski definition) is 1. The number of anilines is 1. The molecule has 2 aromatic rings. The molecule has 1 N–H and O–H groups in total. The van der Waals surface area contributed by atoms with Crippen LogP contribution in [0.5, 0.6) is 0 Å². The van der Waals surface area contributed by atoms with Crippen molar-refractivity contribution in [3.63, 3.8) is 0 Å². The lowest BCUT2D eigenvalue weighted by Crippen LogP contribution is -2.43. The van der Waals surface area contributed by atoms with Crippen LogP contribution < -0.4 is 10.2 Å². The molecule has 2 fully saturated rings. The average molecular weight is 310 g/mol. The molecule has 0 atom stereocenters. The number of nitrogens with one attached hydrogen (secondary N) is 1. The molecule has 2 heterocycles. The summed E-state index contributed by atoms with van der Waals surface area (Å²) in [6.45, 7) is 6.44. The molecule has 0 unspecified atom stereocenters. The van der Waals surface area contributed by atoms with Gasteiger partial charge in [0.15, 0.2) is 0 Å². The van der Waals surface area contributed by atoms with Crippen molar-refractivity contribution >= 4 is 5.69 Å². The van der Waals surface area contributed by atoms with Gasteiger partial charge in [-0.3, -0.25) is 0 Å². The Labute approximate surface area is 138 Å². The third-order valence-electron chi connectivity index (χ3n) is 5.26. The Morgan fingerprint density at radius 2 is 1.74 bits per heavy atom. The molecule has 1 aromatic heterocycles. The minimum Gasteiger partial charge on any atom is -0.366 e. The van der Waals surface area contributed by atoms with E-state index in [0.29, 0.717) is 5.92 Å². The third-order valence-corrected chi connectivity index (χ3v) is 5.26. The zero-order valence-corrected chi connectivity index (χ0v) is 14.0. The summed E-state index contributed by atoms with van der Waals surface area (Å²) < 4.78 is 2.20. The van der Waals surface area contributed by atoms with E-state index < -0.39 is 0 Å². The van der Waals surface area contributed by atoms with Crippen molar-refractivity contribution in [3.8, 4) is 5.69 Å². The molecule has 0 spiro atoms. The highest BCUT2D eigenvalue weighted by molar-refractivity contribution is 5.55. The summed E-state index contributed by atoms with van der Waals surface area (Å²) in [5.74, 6) is 0.656. The van der Waals surface area contributed by atoms with Crippen molar-refractivity contribution in [1.29, 1.82) is 0 Å². The van der Waals surface area contributed by atoms with Crippen LogP contribution in [0.15, 0.2) is 30.5 Å². The smallest absolute Gasteiger partial charge is 0.0793 e. The lowest BCUT2D eigenvalue weighted by molar-refractivity contribution is 0.581. The van der Waals surface area contributed by atoms with E-state index in [9.17, 15) is 0 Å². The van der Waals surface area contributed by atoms with Gasteiger partial charge in [0, 0.05) is 32.1 Å². The maximum absolute atomic E-state index is 4.79. The average Bonchev–Trinajstić information content (AvgIpc) is 3.25. The maximum Gasteiger partial charge on any atom is 0.0793 e. The number of aromatic nitrogens is 2. The Hall–Kier alpha value is -1.81. The van der Waals surface area contributed by atoms with Gasteiger partial charge >= 0.3 is 0 Å². The van der Waals surface area contributed by atoms with Crippen molar-refractivity contribution in [3.05, 3.63) is 41.7 Å². The van der Waals surface area contributed by atoms with Crippen molar-refractivity contribution in [1.82, 2.24) is 15.1 Å². The van der Waals surface area contributed by atoms with Gasteiger partial charge in [-0.25, -0.2) is 4.68 Å². The first-order valence-electron chi connectivity index (χ1n) is 8.93. The van der Waals surface area contributed by atoms with Gasteiger partial charge in [-0.05, 0) is 31.9 Å². The van der Waals surface area contributed by atoms with E-state index in [2.05, 4.69) is 52.3 Å². The van der Waals surface area contributed by atoms with Crippen LogP contribution in [0.1, 0.15) is 42.9 Å². The van der Waals surface area contributed by atoms with E-state index in [-0.39, 0.29) is 0 Å². The van der Waals surface area contributed by atoms with Crippen LogP contribution in [0.25, 0.3) is 5.69 Å². The van der Waals surface area contributed by atoms with Crippen molar-refractivity contribution in [2.24, 2.45) is 0 Å². The molecule has 4 nitrogen and oxygen atoms in total. The molecule has 1 saturated heterocycles. The molecule has 0 amide bonds. The summed E-state index contributed by atoms with van der Waals surface area (Å²) in [6.07, 6.45) is 7.40. The molecule has 23 heavy (non-hydrogen) atoms. The molecule has 4 heteroatoms. The van der Waals surface area contributed by atoms with Gasteiger partial charge in [-0.2, -0.15) is 5.10 Å². The summed E-state index contributed by atoms with van der Waals surface area (Å²) >= 11 is 0. The Morgan fingerprint density at radius 1 is 1.04 bits per heavy atom. The second kappa shape index (κ2) is 6.36. The first-order valence-corrected chi connectivity index (χ1v) is 8.93. The topological polar surface area (TPSA) is 33.1 Å². The fraction of sp³-hybridized carbons (Fsp3) is 0.526. The normalized spacial score (nSPS) is 19.4. The summed E-state index contributed by atoms with van der Waals surface area (Å²) in [7, 11) is 0. The second-order valence-corrected chi connectivity index (χ2v) is 6.88. The first kappa shape index (κ1) is 14.8. The number of nitrogens with zero attached hydrogens (tertiary/aromatic N) is 3. The van der Waals surface area contributed by atoms with E-state index >= 15 is 0 Å². The summed E-state index contributed by atoms with van der Waals surface area (Å²) in [5, 5.41) is 8.24. The van der Waals surface area contributed by atoms with Crippen LogP contribution in [0.3, 0.4) is 0 Å². The molecule has 122 valence electrons. The first-order chi connectivity index (χ1) is 11.3. The SMILES string of the molecule is Cc1ccc(-n2ncc(N3CCNCC3)c2C2CCCC2)cc1. The highest BCUT2D eigenvalue weighted by Gasteiger charge is 2.28. The molecular formula is C19H26N4.